The van der Waals surface area contributed by atoms with Crippen LogP contribution in [0.15, 0.2) is 0 Å². The van der Waals surface area contributed by atoms with Crippen molar-refractivity contribution in [3.63, 3.8) is 0 Å². The van der Waals surface area contributed by atoms with Gasteiger partial charge in [0.25, 0.3) is 0 Å². The first-order valence-corrected chi connectivity index (χ1v) is 10.4. The molecule has 0 atom stereocenters. The van der Waals surface area contributed by atoms with Gasteiger partial charge in [-0.1, -0.05) is 14.9 Å². The second kappa shape index (κ2) is 152. The molecule has 0 aromatic rings. The summed E-state index contributed by atoms with van der Waals surface area (Å²) in [6, 6.07) is 0. The molecule has 8 N–H and O–H groups in total. The molecule has 9 nitrogen and oxygen atoms in total. The topological polar surface area (TPSA) is 213 Å². The summed E-state index contributed by atoms with van der Waals surface area (Å²) >= 11 is -2.15. The third kappa shape index (κ3) is 560. The zero-order valence-electron chi connectivity index (χ0n) is 9.85. The van der Waals surface area contributed by atoms with Crippen molar-refractivity contribution in [2.24, 2.45) is 0 Å². The Hall–Kier alpha value is 3.95. The van der Waals surface area contributed by atoms with Crippen molar-refractivity contribution in [2.75, 3.05) is 7.11 Å². The largest absolute Gasteiger partial charge is 0 e. The average molecular weight is 831 g/mol. The Morgan fingerprint density at radius 1 is 0.947 bits per heavy atom. The van der Waals surface area contributed by atoms with E-state index in [1.807, 2.05) is 0 Å². The van der Waals surface area contributed by atoms with Crippen LogP contribution >= 0.6 is 0 Å². The van der Waals surface area contributed by atoms with Gasteiger partial charge in [-0.15, -0.1) is 0 Å². The van der Waals surface area contributed by atoms with Gasteiger partial charge in [0.05, 0.1) is 0 Å². The van der Waals surface area contributed by atoms with E-state index in [4.69, 9.17) is 18.9 Å². The molecule has 0 saturated carbocycles. The minimum Gasteiger partial charge on any atom is 0 e. The van der Waals surface area contributed by atoms with Crippen LogP contribution in [0.4, 0.5) is 0 Å². The number of rotatable bonds is 0. The minimum atomic E-state index is -2.42. The summed E-state index contributed by atoms with van der Waals surface area (Å²) in [4.78, 5) is 0. The molecule has 0 amide bonds. The summed E-state index contributed by atoms with van der Waals surface area (Å²) in [6.45, 7) is -1.72. The van der Waals surface area contributed by atoms with E-state index >= 15 is 0 Å². The van der Waals surface area contributed by atoms with E-state index in [0.29, 0.717) is 0 Å². The summed E-state index contributed by atoms with van der Waals surface area (Å²) in [7, 11) is 1.00. The van der Waals surface area contributed by atoms with Crippen LogP contribution in [0, 0.1) is 7.43 Å². The number of hydrogen-bond donors (Lipinski definition) is 1. The number of aliphatic hydroxyl groups excluding tert-OH is 1. The van der Waals surface area contributed by atoms with E-state index in [0.717, 1.165) is 7.11 Å². The fraction of sp³-hybridized carbons (Fsp3) is 0.750. The molecule has 0 heterocycles. The van der Waals surface area contributed by atoms with E-state index in [1.165, 1.54) is 0 Å². The van der Waals surface area contributed by atoms with Crippen molar-refractivity contribution in [2.45, 2.75) is 14.9 Å². The standard InChI is InChI=1S/CH4O.2CH4.CH3.K.O2S.4H2O.2O.2Pb.2Zn/c1-2;;;;;1-3-2;;;;;;;;;;/h2H,1H3;2*1H4;1H3;;;4*1H2;;;;;;/q;;;-1;+1;;;;;;;;;;;/p-1. The predicted molar refractivity (Wildman–Crippen MR) is 62.6 cm³/mol. The molecule has 0 saturated heterocycles. The Kier molecular flexibility index (Phi) is 896. The molecule has 15 heteroatoms. The molecule has 0 bridgehead atoms. The maximum absolute atomic E-state index is 9.06. The van der Waals surface area contributed by atoms with Crippen LogP contribution in [0.3, 0.4) is 0 Å². The molecule has 0 aliphatic heterocycles. The Bertz CT molecular complexity index is 167. The van der Waals surface area contributed by atoms with E-state index in [-0.39, 0.29) is 158 Å². The van der Waals surface area contributed by atoms with E-state index in [1.54, 1.807) is 0 Å². The van der Waals surface area contributed by atoms with Crippen molar-refractivity contribution < 1.29 is 131 Å². The Morgan fingerprint density at radius 2 is 0.947 bits per heavy atom. The zero-order chi connectivity index (χ0) is 8.28. The molecule has 2 radical (unpaired) electrons. The first kappa shape index (κ1) is 112. The van der Waals surface area contributed by atoms with Gasteiger partial charge in [0.2, 0.25) is 0 Å². The molecular formula is C4H22KO9Pb2SZn2-. The normalized spacial score (nSPS) is 2.00. The Morgan fingerprint density at radius 3 is 0.947 bits per heavy atom. The summed E-state index contributed by atoms with van der Waals surface area (Å²) < 4.78 is 35.3. The van der Waals surface area contributed by atoms with Crippen LogP contribution in [0.1, 0.15) is 14.9 Å². The molecule has 19 heavy (non-hydrogen) atoms. The molecular weight excluding hydrogens is 808 g/mol. The maximum Gasteiger partial charge on any atom is 0 e. The fourth-order valence-electron chi connectivity index (χ4n) is 0. The first-order chi connectivity index (χ1) is 4.15. The monoisotopic (exact) mass is 829 g/mol. The number of hydrogen-bond acceptors (Lipinski definition) is 6. The van der Waals surface area contributed by atoms with Gasteiger partial charge >= 0.3 is 120 Å². The molecule has 0 spiro atoms. The maximum atomic E-state index is 9.06. The third-order valence-electron chi connectivity index (χ3n) is 0. The van der Waals surface area contributed by atoms with Crippen LogP contribution in [0.2, 0.25) is 0 Å². The zero-order valence-corrected chi connectivity index (χ0v) is 27.5. The summed E-state index contributed by atoms with van der Waals surface area (Å²) in [5.41, 5.74) is 0. The SMILES string of the molecule is C.C.CO.O.O.O.O=[S](=O)=[Pb].[CH3-].[K+].[OH-].[O]=[Pb]=[O].[Zn].[Zn]. The van der Waals surface area contributed by atoms with Gasteiger partial charge in [0.1, 0.15) is 0 Å². The summed E-state index contributed by atoms with van der Waals surface area (Å²) in [6.07, 6.45) is 0. The van der Waals surface area contributed by atoms with Crippen LogP contribution in [-0.2, 0) is 51.0 Å². The van der Waals surface area contributed by atoms with E-state index < -0.39 is 31.0 Å². The van der Waals surface area contributed by atoms with Gasteiger partial charge in [-0.3, -0.25) is 0 Å². The van der Waals surface area contributed by atoms with Crippen LogP contribution in [0.5, 0.6) is 0 Å². The molecule has 0 aromatic carbocycles. The molecule has 112 valence electrons. The molecule has 0 fully saturated rings. The minimum absolute atomic E-state index is 0. The quantitative estimate of drug-likeness (QED) is 0.185. The molecule has 0 rings (SSSR count). The van der Waals surface area contributed by atoms with Gasteiger partial charge < -0.3 is 34.4 Å². The van der Waals surface area contributed by atoms with E-state index in [9.17, 15) is 0 Å². The van der Waals surface area contributed by atoms with Gasteiger partial charge in [-0.25, -0.2) is 0 Å². The van der Waals surface area contributed by atoms with Crippen LogP contribution in [-0.4, -0.2) is 90.5 Å². The average Bonchev–Trinajstić information content (AvgIpc) is 1.71. The second-order valence-electron chi connectivity index (χ2n) is 0.318. The molecule has 0 aliphatic carbocycles. The summed E-state index contributed by atoms with van der Waals surface area (Å²) in [5, 5.41) is 7.00. The van der Waals surface area contributed by atoms with Crippen LogP contribution < -0.4 is 51.4 Å². The van der Waals surface area contributed by atoms with Gasteiger partial charge in [-0.05, 0) is 0 Å². The summed E-state index contributed by atoms with van der Waals surface area (Å²) in [5.74, 6) is 0. The Labute approximate surface area is 210 Å². The Balaban J connectivity index is -0.00000000209. The van der Waals surface area contributed by atoms with Crippen molar-refractivity contribution in [3.05, 3.63) is 7.43 Å². The van der Waals surface area contributed by atoms with Crippen molar-refractivity contribution in [3.8, 4) is 0 Å². The van der Waals surface area contributed by atoms with Crippen LogP contribution in [0.25, 0.3) is 0 Å². The van der Waals surface area contributed by atoms with Crippen molar-refractivity contribution in [1.82, 2.24) is 0 Å². The molecule has 0 aromatic heterocycles. The van der Waals surface area contributed by atoms with Gasteiger partial charge in [0, 0.05) is 46.1 Å². The van der Waals surface area contributed by atoms with Crippen molar-refractivity contribution in [1.29, 1.82) is 0 Å². The predicted octanol–water partition coefficient (Wildman–Crippen LogP) is -5.99. The molecule has 0 aliphatic rings. The smallest absolute Gasteiger partial charge is 0 e. The van der Waals surface area contributed by atoms with Gasteiger partial charge in [-0.2, -0.15) is 0 Å². The molecule has 0 unspecified atom stereocenters. The third-order valence-corrected chi connectivity index (χ3v) is 0. The second-order valence-corrected chi connectivity index (χ2v) is 5.32. The van der Waals surface area contributed by atoms with E-state index in [2.05, 4.69) is 0 Å². The van der Waals surface area contributed by atoms with Crippen molar-refractivity contribution >= 4 is 54.7 Å². The first-order valence-electron chi connectivity index (χ1n) is 1.39. The fourth-order valence-corrected chi connectivity index (χ4v) is 0. The van der Waals surface area contributed by atoms with Gasteiger partial charge in [0.15, 0.2) is 0 Å². The number of aliphatic hydroxyl groups is 1.